The van der Waals surface area contributed by atoms with E-state index in [0.717, 1.165) is 42.4 Å². The normalized spacial score (nSPS) is 20.6. The van der Waals surface area contributed by atoms with Gasteiger partial charge < -0.3 is 24.3 Å². The highest BCUT2D eigenvalue weighted by Gasteiger charge is 2.49. The molecular weight excluding hydrogens is 490 g/mol. The predicted octanol–water partition coefficient (Wildman–Crippen LogP) is 5.84. The Morgan fingerprint density at radius 3 is 1.82 bits per heavy atom. The Hall–Kier alpha value is -3.03. The maximum absolute atomic E-state index is 13.3. The van der Waals surface area contributed by atoms with Crippen LogP contribution in [0.5, 0.6) is 0 Å². The maximum Gasteiger partial charge on any atom is 0.251 e. The minimum Gasteiger partial charge on any atom is -0.374 e. The van der Waals surface area contributed by atoms with E-state index < -0.39 is 24.4 Å². The summed E-state index contributed by atoms with van der Waals surface area (Å²) in [4.78, 5) is 13.3. The molecule has 1 aliphatic heterocycles. The molecule has 0 saturated carbocycles. The van der Waals surface area contributed by atoms with Crippen LogP contribution >= 0.6 is 0 Å². The van der Waals surface area contributed by atoms with Crippen molar-refractivity contribution in [3.8, 4) is 0 Å². The molecule has 1 fully saturated rings. The highest BCUT2D eigenvalue weighted by Crippen LogP contribution is 2.29. The number of carbonyl (C=O) groups is 1. The number of rotatable bonds is 16. The van der Waals surface area contributed by atoms with Crippen LogP contribution in [0.15, 0.2) is 91.0 Å². The first-order valence-electron chi connectivity index (χ1n) is 14.1. The second-order valence-corrected chi connectivity index (χ2v) is 9.97. The molecule has 208 valence electrons. The Morgan fingerprint density at radius 1 is 0.718 bits per heavy atom. The van der Waals surface area contributed by atoms with Crippen LogP contribution in [0.4, 0.5) is 0 Å². The quantitative estimate of drug-likeness (QED) is 0.235. The molecule has 1 heterocycles. The van der Waals surface area contributed by atoms with Gasteiger partial charge >= 0.3 is 0 Å². The molecule has 6 heteroatoms. The SMILES string of the molecule is CCCCCCNC(=O)[C@@H]1O[C@@H](COCc2ccccc2)[C@@H](OCc2ccccc2)[C@@H]1OCc1ccccc1. The zero-order valence-electron chi connectivity index (χ0n) is 22.9. The summed E-state index contributed by atoms with van der Waals surface area (Å²) in [7, 11) is 0. The molecule has 3 aromatic carbocycles. The van der Waals surface area contributed by atoms with Gasteiger partial charge in [-0.2, -0.15) is 0 Å². The van der Waals surface area contributed by atoms with Gasteiger partial charge in [0.05, 0.1) is 26.4 Å². The summed E-state index contributed by atoms with van der Waals surface area (Å²) in [5.41, 5.74) is 3.16. The third-order valence-corrected chi connectivity index (χ3v) is 6.86. The lowest BCUT2D eigenvalue weighted by Gasteiger charge is -2.25. The highest BCUT2D eigenvalue weighted by atomic mass is 16.6. The number of hydrogen-bond acceptors (Lipinski definition) is 5. The largest absolute Gasteiger partial charge is 0.374 e. The molecule has 4 rings (SSSR count). The summed E-state index contributed by atoms with van der Waals surface area (Å²) in [6.45, 7) is 4.29. The summed E-state index contributed by atoms with van der Waals surface area (Å²) >= 11 is 0. The van der Waals surface area contributed by atoms with E-state index in [1.165, 1.54) is 0 Å². The predicted molar refractivity (Wildman–Crippen MR) is 152 cm³/mol. The maximum atomic E-state index is 13.3. The molecule has 0 aromatic heterocycles. The Balaban J connectivity index is 1.47. The minimum atomic E-state index is -0.786. The Bertz CT molecular complexity index is 1080. The summed E-state index contributed by atoms with van der Waals surface area (Å²) in [5.74, 6) is -0.163. The van der Waals surface area contributed by atoms with E-state index in [-0.39, 0.29) is 5.91 Å². The van der Waals surface area contributed by atoms with Gasteiger partial charge in [0.1, 0.15) is 18.3 Å². The van der Waals surface area contributed by atoms with Crippen molar-refractivity contribution in [1.29, 1.82) is 0 Å². The van der Waals surface area contributed by atoms with E-state index in [1.807, 2.05) is 91.0 Å². The molecular formula is C33H41NO5. The molecule has 0 spiro atoms. The van der Waals surface area contributed by atoms with Crippen LogP contribution in [-0.4, -0.2) is 43.5 Å². The monoisotopic (exact) mass is 531 g/mol. The van der Waals surface area contributed by atoms with E-state index in [2.05, 4.69) is 12.2 Å². The average molecular weight is 532 g/mol. The van der Waals surface area contributed by atoms with E-state index in [1.54, 1.807) is 0 Å². The fourth-order valence-electron chi connectivity index (χ4n) is 4.72. The third-order valence-electron chi connectivity index (χ3n) is 6.86. The molecule has 0 radical (unpaired) electrons. The molecule has 0 unspecified atom stereocenters. The van der Waals surface area contributed by atoms with Gasteiger partial charge in [-0.1, -0.05) is 117 Å². The molecule has 0 bridgehead atoms. The van der Waals surface area contributed by atoms with Crippen LogP contribution in [0.3, 0.4) is 0 Å². The van der Waals surface area contributed by atoms with Crippen molar-refractivity contribution in [2.75, 3.05) is 13.2 Å². The van der Waals surface area contributed by atoms with Crippen molar-refractivity contribution in [1.82, 2.24) is 5.32 Å². The lowest BCUT2D eigenvalue weighted by atomic mass is 10.1. The molecule has 4 atom stereocenters. The number of nitrogens with one attached hydrogen (secondary N) is 1. The van der Waals surface area contributed by atoms with E-state index in [4.69, 9.17) is 18.9 Å². The van der Waals surface area contributed by atoms with Crippen LogP contribution in [0.2, 0.25) is 0 Å². The number of benzene rings is 3. The zero-order chi connectivity index (χ0) is 27.1. The molecule has 39 heavy (non-hydrogen) atoms. The summed E-state index contributed by atoms with van der Waals surface area (Å²) in [6, 6.07) is 30.0. The van der Waals surface area contributed by atoms with Crippen molar-refractivity contribution in [2.24, 2.45) is 0 Å². The van der Waals surface area contributed by atoms with Crippen molar-refractivity contribution in [2.45, 2.75) is 76.8 Å². The summed E-state index contributed by atoms with van der Waals surface area (Å²) in [5, 5.41) is 3.07. The van der Waals surface area contributed by atoms with E-state index in [9.17, 15) is 4.79 Å². The molecule has 1 N–H and O–H groups in total. The van der Waals surface area contributed by atoms with Gasteiger partial charge in [0.25, 0.3) is 5.91 Å². The van der Waals surface area contributed by atoms with Crippen molar-refractivity contribution < 1.29 is 23.7 Å². The van der Waals surface area contributed by atoms with Gasteiger partial charge in [-0.05, 0) is 23.1 Å². The van der Waals surface area contributed by atoms with Crippen LogP contribution < -0.4 is 5.32 Å². The topological polar surface area (TPSA) is 66.0 Å². The number of carbonyl (C=O) groups excluding carboxylic acids is 1. The Morgan fingerprint density at radius 2 is 1.26 bits per heavy atom. The second-order valence-electron chi connectivity index (χ2n) is 9.97. The van der Waals surface area contributed by atoms with Gasteiger partial charge in [-0.15, -0.1) is 0 Å². The van der Waals surface area contributed by atoms with Crippen LogP contribution in [0, 0.1) is 0 Å². The van der Waals surface area contributed by atoms with Gasteiger partial charge in [0.2, 0.25) is 0 Å². The highest BCUT2D eigenvalue weighted by molar-refractivity contribution is 5.82. The van der Waals surface area contributed by atoms with Crippen LogP contribution in [-0.2, 0) is 43.6 Å². The first-order chi connectivity index (χ1) is 19.2. The molecule has 1 saturated heterocycles. The summed E-state index contributed by atoms with van der Waals surface area (Å²) in [6.07, 6.45) is 2.07. The number of ether oxygens (including phenoxy) is 4. The molecule has 1 amide bonds. The van der Waals surface area contributed by atoms with Gasteiger partial charge in [-0.3, -0.25) is 4.79 Å². The zero-order valence-corrected chi connectivity index (χ0v) is 22.9. The van der Waals surface area contributed by atoms with Gasteiger partial charge in [0.15, 0.2) is 6.10 Å². The average Bonchev–Trinajstić information content (AvgIpc) is 3.33. The van der Waals surface area contributed by atoms with Crippen LogP contribution in [0.1, 0.15) is 49.3 Å². The smallest absolute Gasteiger partial charge is 0.251 e. The lowest BCUT2D eigenvalue weighted by Crippen LogP contribution is -2.45. The van der Waals surface area contributed by atoms with Crippen molar-refractivity contribution >= 4 is 5.91 Å². The fourth-order valence-corrected chi connectivity index (χ4v) is 4.72. The second kappa shape index (κ2) is 16.2. The van der Waals surface area contributed by atoms with Gasteiger partial charge in [-0.25, -0.2) is 0 Å². The fraction of sp³-hybridized carbons (Fsp3) is 0.424. The number of hydrogen-bond donors (Lipinski definition) is 1. The molecule has 0 aliphatic carbocycles. The van der Waals surface area contributed by atoms with Crippen LogP contribution in [0.25, 0.3) is 0 Å². The molecule has 3 aromatic rings. The van der Waals surface area contributed by atoms with E-state index >= 15 is 0 Å². The number of unbranched alkanes of at least 4 members (excludes halogenated alkanes) is 3. The van der Waals surface area contributed by atoms with Gasteiger partial charge in [0, 0.05) is 6.54 Å². The lowest BCUT2D eigenvalue weighted by molar-refractivity contribution is -0.139. The summed E-state index contributed by atoms with van der Waals surface area (Å²) < 4.78 is 25.2. The van der Waals surface area contributed by atoms with Crippen molar-refractivity contribution in [3.63, 3.8) is 0 Å². The third kappa shape index (κ3) is 9.29. The molecule has 6 nitrogen and oxygen atoms in total. The minimum absolute atomic E-state index is 0.163. The van der Waals surface area contributed by atoms with Crippen molar-refractivity contribution in [3.05, 3.63) is 108 Å². The molecule has 1 aliphatic rings. The number of amides is 1. The Labute approximate surface area is 232 Å². The van der Waals surface area contributed by atoms with E-state index in [0.29, 0.717) is 33.0 Å². The standard InChI is InChI=1S/C33H41NO5/c1-2-3-4-14-21-34-33(35)32-31(38-24-28-19-12-7-13-20-28)30(37-23-27-17-10-6-11-18-27)29(39-32)25-36-22-26-15-8-5-9-16-26/h5-13,15-20,29-32H,2-4,14,21-25H2,1H3,(H,34,35)/t29-,30+,31-,32+/m0/s1. The first-order valence-corrected chi connectivity index (χ1v) is 14.1. The first kappa shape index (κ1) is 29.0. The Kier molecular flexibility index (Phi) is 12.0.